The molecule has 0 bridgehead atoms. The van der Waals surface area contributed by atoms with E-state index in [1.54, 1.807) is 6.92 Å². The minimum Gasteiger partial charge on any atom is -0.467 e. The van der Waals surface area contributed by atoms with E-state index in [-0.39, 0.29) is 5.97 Å². The molecule has 1 aliphatic rings. The summed E-state index contributed by atoms with van der Waals surface area (Å²) in [5.41, 5.74) is -0.630. The number of aliphatic imine (C=N–C) groups is 1. The molecule has 0 amide bonds. The molecule has 4 nitrogen and oxygen atoms in total. The van der Waals surface area contributed by atoms with Gasteiger partial charge in [0.05, 0.1) is 20.0 Å². The average molecular weight is 142 g/mol. The summed E-state index contributed by atoms with van der Waals surface area (Å²) in [7, 11) is 1.37. The quantitative estimate of drug-likeness (QED) is 0.504. The third-order valence-electron chi connectivity index (χ3n) is 1.52. The van der Waals surface area contributed by atoms with E-state index in [1.165, 1.54) is 13.4 Å². The lowest BCUT2D eigenvalue weighted by atomic mass is 10.1. The van der Waals surface area contributed by atoms with Crippen LogP contribution in [-0.2, 0) is 9.53 Å². The number of esters is 1. The molecule has 0 aromatic rings. The van der Waals surface area contributed by atoms with E-state index in [1.807, 2.05) is 0 Å². The van der Waals surface area contributed by atoms with Crippen molar-refractivity contribution in [2.75, 3.05) is 13.7 Å². The second-order valence-corrected chi connectivity index (χ2v) is 2.44. The van der Waals surface area contributed by atoms with E-state index in [0.29, 0.717) is 6.54 Å². The van der Waals surface area contributed by atoms with Gasteiger partial charge in [0.15, 0.2) is 5.54 Å². The van der Waals surface area contributed by atoms with Crippen molar-refractivity contribution < 1.29 is 9.53 Å². The van der Waals surface area contributed by atoms with Crippen molar-refractivity contribution in [2.24, 2.45) is 4.99 Å². The van der Waals surface area contributed by atoms with Gasteiger partial charge in [0.2, 0.25) is 0 Å². The molecular formula is C6H10N2O2. The van der Waals surface area contributed by atoms with Crippen LogP contribution in [0.5, 0.6) is 0 Å². The Hall–Kier alpha value is -1.06. The lowest BCUT2D eigenvalue weighted by molar-refractivity contribution is -0.146. The SMILES string of the molecule is COC(=O)[C@]1(C)CN=CN1. The maximum atomic E-state index is 11.0. The first-order chi connectivity index (χ1) is 4.69. The zero-order valence-electron chi connectivity index (χ0n) is 6.05. The molecule has 1 atom stereocenters. The summed E-state index contributed by atoms with van der Waals surface area (Å²) in [4.78, 5) is 14.8. The van der Waals surface area contributed by atoms with Crippen LogP contribution in [0.2, 0.25) is 0 Å². The van der Waals surface area contributed by atoms with E-state index in [0.717, 1.165) is 0 Å². The Bertz CT molecular complexity index is 169. The Morgan fingerprint density at radius 2 is 2.60 bits per heavy atom. The van der Waals surface area contributed by atoms with Gasteiger partial charge < -0.3 is 10.1 Å². The van der Waals surface area contributed by atoms with Gasteiger partial charge in [-0.3, -0.25) is 4.99 Å². The summed E-state index contributed by atoms with van der Waals surface area (Å²) >= 11 is 0. The minimum atomic E-state index is -0.630. The number of nitrogens with zero attached hydrogens (tertiary/aromatic N) is 1. The molecule has 0 radical (unpaired) electrons. The van der Waals surface area contributed by atoms with Crippen molar-refractivity contribution in [3.63, 3.8) is 0 Å². The molecule has 1 N–H and O–H groups in total. The summed E-state index contributed by atoms with van der Waals surface area (Å²) < 4.78 is 4.56. The summed E-state index contributed by atoms with van der Waals surface area (Å²) in [6.45, 7) is 2.21. The van der Waals surface area contributed by atoms with Crippen LogP contribution in [0.15, 0.2) is 4.99 Å². The first-order valence-corrected chi connectivity index (χ1v) is 3.03. The predicted molar refractivity (Wildman–Crippen MR) is 36.9 cm³/mol. The second kappa shape index (κ2) is 2.28. The van der Waals surface area contributed by atoms with Gasteiger partial charge in [-0.25, -0.2) is 4.79 Å². The Balaban J connectivity index is 2.61. The highest BCUT2D eigenvalue weighted by atomic mass is 16.5. The first kappa shape index (κ1) is 7.05. The van der Waals surface area contributed by atoms with Crippen LogP contribution in [0.1, 0.15) is 6.92 Å². The van der Waals surface area contributed by atoms with Crippen molar-refractivity contribution in [1.82, 2.24) is 5.32 Å². The molecule has 0 saturated carbocycles. The fourth-order valence-electron chi connectivity index (χ4n) is 0.811. The van der Waals surface area contributed by atoms with Gasteiger partial charge in [0, 0.05) is 0 Å². The molecule has 4 heteroatoms. The normalized spacial score (nSPS) is 29.8. The number of nitrogens with one attached hydrogen (secondary N) is 1. The van der Waals surface area contributed by atoms with Crippen LogP contribution in [0.3, 0.4) is 0 Å². The highest BCUT2D eigenvalue weighted by molar-refractivity contribution is 5.85. The maximum absolute atomic E-state index is 11.0. The fourth-order valence-corrected chi connectivity index (χ4v) is 0.811. The fraction of sp³-hybridized carbons (Fsp3) is 0.667. The molecule has 1 heterocycles. The number of hydrogen-bond acceptors (Lipinski definition) is 4. The topological polar surface area (TPSA) is 50.7 Å². The van der Waals surface area contributed by atoms with Gasteiger partial charge in [-0.15, -0.1) is 0 Å². The Morgan fingerprint density at radius 1 is 1.90 bits per heavy atom. The Morgan fingerprint density at radius 3 is 3.00 bits per heavy atom. The largest absolute Gasteiger partial charge is 0.467 e. The van der Waals surface area contributed by atoms with Gasteiger partial charge in [-0.1, -0.05) is 0 Å². The van der Waals surface area contributed by atoms with Gasteiger partial charge >= 0.3 is 5.97 Å². The number of methoxy groups -OCH3 is 1. The van der Waals surface area contributed by atoms with Crippen LogP contribution in [-0.4, -0.2) is 31.5 Å². The summed E-state index contributed by atoms with van der Waals surface area (Å²) in [6, 6.07) is 0. The van der Waals surface area contributed by atoms with Gasteiger partial charge in [0.25, 0.3) is 0 Å². The number of hydrogen-bond donors (Lipinski definition) is 1. The third-order valence-corrected chi connectivity index (χ3v) is 1.52. The van der Waals surface area contributed by atoms with Crippen molar-refractivity contribution >= 4 is 12.3 Å². The summed E-state index contributed by atoms with van der Waals surface area (Å²) in [6.07, 6.45) is 1.52. The molecule has 56 valence electrons. The van der Waals surface area contributed by atoms with Crippen molar-refractivity contribution in [2.45, 2.75) is 12.5 Å². The first-order valence-electron chi connectivity index (χ1n) is 3.03. The monoisotopic (exact) mass is 142 g/mol. The van der Waals surface area contributed by atoms with E-state index in [9.17, 15) is 4.79 Å². The van der Waals surface area contributed by atoms with Crippen LogP contribution >= 0.6 is 0 Å². The van der Waals surface area contributed by atoms with E-state index >= 15 is 0 Å². The van der Waals surface area contributed by atoms with Crippen molar-refractivity contribution in [3.8, 4) is 0 Å². The predicted octanol–water partition coefficient (Wildman–Crippen LogP) is -0.450. The highest BCUT2D eigenvalue weighted by Gasteiger charge is 2.35. The van der Waals surface area contributed by atoms with Crippen molar-refractivity contribution in [1.29, 1.82) is 0 Å². The van der Waals surface area contributed by atoms with Gasteiger partial charge in [0.1, 0.15) is 0 Å². The molecular weight excluding hydrogens is 132 g/mol. The zero-order valence-corrected chi connectivity index (χ0v) is 6.05. The minimum absolute atomic E-state index is 0.273. The van der Waals surface area contributed by atoms with Crippen LogP contribution in [0.25, 0.3) is 0 Å². The van der Waals surface area contributed by atoms with Gasteiger partial charge in [-0.2, -0.15) is 0 Å². The number of ether oxygens (including phenoxy) is 1. The summed E-state index contributed by atoms with van der Waals surface area (Å²) in [5.74, 6) is -0.273. The highest BCUT2D eigenvalue weighted by Crippen LogP contribution is 2.09. The Kier molecular flexibility index (Phi) is 1.61. The lowest BCUT2D eigenvalue weighted by Gasteiger charge is -2.19. The second-order valence-electron chi connectivity index (χ2n) is 2.44. The van der Waals surface area contributed by atoms with Crippen LogP contribution < -0.4 is 5.32 Å². The molecule has 0 spiro atoms. The molecule has 10 heavy (non-hydrogen) atoms. The average Bonchev–Trinajstić information content (AvgIpc) is 2.36. The van der Waals surface area contributed by atoms with E-state index in [4.69, 9.17) is 0 Å². The van der Waals surface area contributed by atoms with Crippen LogP contribution in [0, 0.1) is 0 Å². The smallest absolute Gasteiger partial charge is 0.333 e. The van der Waals surface area contributed by atoms with E-state index in [2.05, 4.69) is 15.0 Å². The molecule has 0 unspecified atom stereocenters. The van der Waals surface area contributed by atoms with Crippen LogP contribution in [0.4, 0.5) is 0 Å². The third kappa shape index (κ3) is 0.964. The molecule has 0 aromatic heterocycles. The molecule has 0 aromatic carbocycles. The maximum Gasteiger partial charge on any atom is 0.333 e. The zero-order chi connectivity index (χ0) is 7.61. The number of rotatable bonds is 1. The van der Waals surface area contributed by atoms with E-state index < -0.39 is 5.54 Å². The number of carbonyl (C=O) groups excluding carboxylic acids is 1. The molecule has 0 saturated heterocycles. The summed E-state index contributed by atoms with van der Waals surface area (Å²) in [5, 5.41) is 2.82. The standard InChI is InChI=1S/C6H10N2O2/c1-6(5(9)10-2)3-7-4-8-6/h4H,3H2,1-2H3,(H,7,8)/t6-/m0/s1. The molecule has 0 aliphatic carbocycles. The van der Waals surface area contributed by atoms with Gasteiger partial charge in [-0.05, 0) is 6.92 Å². The Labute approximate surface area is 59.3 Å². The molecule has 1 aliphatic heterocycles. The number of carbonyl (C=O) groups is 1. The molecule has 1 rings (SSSR count). The lowest BCUT2D eigenvalue weighted by Crippen LogP contribution is -2.48. The van der Waals surface area contributed by atoms with Crippen molar-refractivity contribution in [3.05, 3.63) is 0 Å². The molecule has 0 fully saturated rings.